The van der Waals surface area contributed by atoms with E-state index >= 15 is 0 Å². The van der Waals surface area contributed by atoms with Crippen molar-refractivity contribution in [3.63, 3.8) is 0 Å². The van der Waals surface area contributed by atoms with E-state index in [0.717, 1.165) is 23.0 Å². The average molecular weight is 247 g/mol. The molecule has 0 aliphatic carbocycles. The first-order valence-corrected chi connectivity index (χ1v) is 6.43. The molecule has 0 saturated carbocycles. The van der Waals surface area contributed by atoms with Gasteiger partial charge in [0, 0.05) is 12.0 Å². The van der Waals surface area contributed by atoms with E-state index in [0.29, 0.717) is 19.1 Å². The van der Waals surface area contributed by atoms with E-state index in [9.17, 15) is 0 Å². The maximum absolute atomic E-state index is 5.76. The second-order valence-corrected chi connectivity index (χ2v) is 4.72. The summed E-state index contributed by atoms with van der Waals surface area (Å²) in [6.07, 6.45) is 1.84. The minimum Gasteiger partial charge on any atom is -0.494 e. The lowest BCUT2D eigenvalue weighted by Crippen LogP contribution is -2.05. The first-order valence-electron chi connectivity index (χ1n) is 6.43. The zero-order chi connectivity index (χ0) is 13.5. The molecule has 0 aliphatic heterocycles. The van der Waals surface area contributed by atoms with E-state index < -0.39 is 0 Å². The van der Waals surface area contributed by atoms with Crippen LogP contribution in [0.4, 0.5) is 0 Å². The quantitative estimate of drug-likeness (QED) is 0.717. The molecule has 0 spiro atoms. The second kappa shape index (κ2) is 7.10. The van der Waals surface area contributed by atoms with Gasteiger partial charge in [0.25, 0.3) is 0 Å². The summed E-state index contributed by atoms with van der Waals surface area (Å²) in [5.41, 5.74) is 1.09. The molecule has 2 nitrogen and oxygen atoms in total. The number of ether oxygens (including phenoxy) is 2. The van der Waals surface area contributed by atoms with Crippen molar-refractivity contribution in [3.8, 4) is 11.5 Å². The van der Waals surface area contributed by atoms with Gasteiger partial charge in [0.05, 0.1) is 13.2 Å². The standard InChI is InChI=1S/C16H23O2/c1-6-13(5)14-8-15(17-7-2)10-16(9-14)18-11-12(3)4/h6,8-10,12H,1,7,11H2,2-5H3. The molecule has 18 heavy (non-hydrogen) atoms. The fourth-order valence-corrected chi connectivity index (χ4v) is 1.51. The third-order valence-electron chi connectivity index (χ3n) is 2.54. The first-order chi connectivity index (χ1) is 8.56. The predicted octanol–water partition coefficient (Wildman–Crippen LogP) is 4.25. The van der Waals surface area contributed by atoms with Gasteiger partial charge in [0.15, 0.2) is 0 Å². The third kappa shape index (κ3) is 4.44. The zero-order valence-corrected chi connectivity index (χ0v) is 11.8. The van der Waals surface area contributed by atoms with Gasteiger partial charge in [-0.05, 0) is 30.5 Å². The molecule has 0 bridgehead atoms. The number of rotatable bonds is 7. The highest BCUT2D eigenvalue weighted by Crippen LogP contribution is 2.28. The highest BCUT2D eigenvalue weighted by Gasteiger charge is 2.08. The van der Waals surface area contributed by atoms with Crippen LogP contribution in [-0.4, -0.2) is 13.2 Å². The summed E-state index contributed by atoms with van der Waals surface area (Å²) < 4.78 is 11.3. The molecule has 0 saturated heterocycles. The van der Waals surface area contributed by atoms with E-state index in [1.807, 2.05) is 38.1 Å². The van der Waals surface area contributed by atoms with Gasteiger partial charge in [0.1, 0.15) is 11.5 Å². The molecular formula is C16H23O2. The predicted molar refractivity (Wildman–Crippen MR) is 76.2 cm³/mol. The van der Waals surface area contributed by atoms with E-state index in [4.69, 9.17) is 9.47 Å². The van der Waals surface area contributed by atoms with Crippen LogP contribution in [0.15, 0.2) is 30.9 Å². The molecule has 1 rings (SSSR count). The van der Waals surface area contributed by atoms with Crippen molar-refractivity contribution in [3.05, 3.63) is 42.3 Å². The van der Waals surface area contributed by atoms with Crippen LogP contribution in [0.1, 0.15) is 33.3 Å². The summed E-state index contributed by atoms with van der Waals surface area (Å²) in [5.74, 6) is 3.32. The van der Waals surface area contributed by atoms with Crippen molar-refractivity contribution in [1.29, 1.82) is 0 Å². The molecule has 0 unspecified atom stereocenters. The lowest BCUT2D eigenvalue weighted by atomic mass is 10.0. The van der Waals surface area contributed by atoms with Crippen molar-refractivity contribution in [1.82, 2.24) is 0 Å². The van der Waals surface area contributed by atoms with Gasteiger partial charge in [0.2, 0.25) is 0 Å². The van der Waals surface area contributed by atoms with E-state index in [1.54, 1.807) is 0 Å². The molecular weight excluding hydrogens is 224 g/mol. The molecule has 0 N–H and O–H groups in total. The van der Waals surface area contributed by atoms with Gasteiger partial charge in [-0.15, -0.1) is 6.58 Å². The Hall–Kier alpha value is -1.44. The number of hydrogen-bond donors (Lipinski definition) is 0. The highest BCUT2D eigenvalue weighted by molar-refractivity contribution is 5.46. The number of hydrogen-bond acceptors (Lipinski definition) is 2. The molecule has 0 heterocycles. The van der Waals surface area contributed by atoms with Crippen LogP contribution in [0.2, 0.25) is 0 Å². The van der Waals surface area contributed by atoms with Gasteiger partial charge in [-0.2, -0.15) is 0 Å². The Balaban J connectivity index is 2.93. The molecule has 0 amide bonds. The minimum absolute atomic E-state index is 0.508. The van der Waals surface area contributed by atoms with Crippen LogP contribution in [0.3, 0.4) is 0 Å². The Morgan fingerprint density at radius 3 is 2.33 bits per heavy atom. The second-order valence-electron chi connectivity index (χ2n) is 4.72. The molecule has 0 atom stereocenters. The topological polar surface area (TPSA) is 18.5 Å². The van der Waals surface area contributed by atoms with Crippen molar-refractivity contribution < 1.29 is 9.47 Å². The Bertz CT molecular complexity index is 383. The smallest absolute Gasteiger partial charge is 0.123 e. The normalized spacial score (nSPS) is 10.8. The average Bonchev–Trinajstić information content (AvgIpc) is 2.35. The van der Waals surface area contributed by atoms with Crippen LogP contribution < -0.4 is 9.47 Å². The monoisotopic (exact) mass is 247 g/mol. The maximum Gasteiger partial charge on any atom is 0.123 e. The molecule has 99 valence electrons. The van der Waals surface area contributed by atoms with E-state index in [-0.39, 0.29) is 0 Å². The van der Waals surface area contributed by atoms with Crippen LogP contribution in [-0.2, 0) is 0 Å². The Kier molecular flexibility index (Phi) is 5.76. The summed E-state index contributed by atoms with van der Waals surface area (Å²) in [7, 11) is 0. The summed E-state index contributed by atoms with van der Waals surface area (Å²) in [6, 6.07) is 5.98. The highest BCUT2D eigenvalue weighted by atomic mass is 16.5. The SMILES string of the molecule is C=C[C](C)c1cc(OCC)cc(OCC(C)C)c1. The summed E-state index contributed by atoms with van der Waals surface area (Å²) >= 11 is 0. The molecule has 0 aliphatic rings. The zero-order valence-electron chi connectivity index (χ0n) is 11.8. The first kappa shape index (κ1) is 14.6. The lowest BCUT2D eigenvalue weighted by molar-refractivity contribution is 0.268. The maximum atomic E-state index is 5.76. The Labute approximate surface area is 111 Å². The molecule has 2 heteroatoms. The van der Waals surface area contributed by atoms with Crippen molar-refractivity contribution >= 4 is 0 Å². The van der Waals surface area contributed by atoms with Crippen LogP contribution >= 0.6 is 0 Å². The van der Waals surface area contributed by atoms with Crippen molar-refractivity contribution in [2.24, 2.45) is 5.92 Å². The molecule has 0 fully saturated rings. The van der Waals surface area contributed by atoms with Gasteiger partial charge < -0.3 is 9.47 Å². The van der Waals surface area contributed by atoms with Crippen LogP contribution in [0.5, 0.6) is 11.5 Å². The summed E-state index contributed by atoms with van der Waals surface area (Å²) in [6.45, 7) is 13.4. The molecule has 1 radical (unpaired) electrons. The number of benzene rings is 1. The van der Waals surface area contributed by atoms with Crippen LogP contribution in [0, 0.1) is 11.8 Å². The van der Waals surface area contributed by atoms with Crippen molar-refractivity contribution in [2.75, 3.05) is 13.2 Å². The Morgan fingerprint density at radius 1 is 1.22 bits per heavy atom. The largest absolute Gasteiger partial charge is 0.494 e. The van der Waals surface area contributed by atoms with Gasteiger partial charge in [-0.1, -0.05) is 26.8 Å². The lowest BCUT2D eigenvalue weighted by Gasteiger charge is -2.14. The number of allylic oxidation sites excluding steroid dienone is 1. The van der Waals surface area contributed by atoms with Gasteiger partial charge >= 0.3 is 0 Å². The molecule has 1 aromatic carbocycles. The molecule has 1 aromatic rings. The van der Waals surface area contributed by atoms with Crippen molar-refractivity contribution in [2.45, 2.75) is 27.7 Å². The fraction of sp³-hybridized carbons (Fsp3) is 0.438. The van der Waals surface area contributed by atoms with E-state index in [1.165, 1.54) is 0 Å². The summed E-state index contributed by atoms with van der Waals surface area (Å²) in [5, 5.41) is 0. The van der Waals surface area contributed by atoms with Gasteiger partial charge in [-0.25, -0.2) is 0 Å². The third-order valence-corrected chi connectivity index (χ3v) is 2.54. The summed E-state index contributed by atoms with van der Waals surface area (Å²) in [4.78, 5) is 0. The molecule has 0 aromatic heterocycles. The van der Waals surface area contributed by atoms with Gasteiger partial charge in [-0.3, -0.25) is 0 Å². The minimum atomic E-state index is 0.508. The van der Waals surface area contributed by atoms with Crippen LogP contribution in [0.25, 0.3) is 0 Å². The fourth-order valence-electron chi connectivity index (χ4n) is 1.51. The Morgan fingerprint density at radius 2 is 1.83 bits per heavy atom. The van der Waals surface area contributed by atoms with E-state index in [2.05, 4.69) is 20.4 Å².